The Morgan fingerprint density at radius 2 is 1.96 bits per heavy atom. The van der Waals surface area contributed by atoms with E-state index < -0.39 is 0 Å². The SMILES string of the molecule is CC(C)COc1ccccc1CN=C(N)NCCc1ccccn1.I. The molecule has 0 aliphatic heterocycles. The van der Waals surface area contributed by atoms with Crippen LogP contribution in [0.1, 0.15) is 25.1 Å². The lowest BCUT2D eigenvalue weighted by Crippen LogP contribution is -2.33. The predicted molar refractivity (Wildman–Crippen MR) is 113 cm³/mol. The van der Waals surface area contributed by atoms with Gasteiger partial charge < -0.3 is 15.8 Å². The van der Waals surface area contributed by atoms with Crippen LogP contribution in [0.25, 0.3) is 0 Å². The Kier molecular flexibility index (Phi) is 9.91. The molecule has 3 N–H and O–H groups in total. The number of benzene rings is 1. The summed E-state index contributed by atoms with van der Waals surface area (Å²) < 4.78 is 5.83. The fourth-order valence-corrected chi connectivity index (χ4v) is 2.12. The number of hydrogen-bond acceptors (Lipinski definition) is 3. The van der Waals surface area contributed by atoms with Crippen LogP contribution in [0.3, 0.4) is 0 Å². The molecule has 1 aromatic heterocycles. The zero-order valence-corrected chi connectivity index (χ0v) is 17.1. The summed E-state index contributed by atoms with van der Waals surface area (Å²) in [6.07, 6.45) is 2.60. The van der Waals surface area contributed by atoms with Gasteiger partial charge in [-0.25, -0.2) is 4.99 Å². The number of pyridine rings is 1. The van der Waals surface area contributed by atoms with Crippen LogP contribution in [-0.4, -0.2) is 24.1 Å². The normalized spacial score (nSPS) is 11.1. The molecule has 6 heteroatoms. The van der Waals surface area contributed by atoms with Crippen LogP contribution in [-0.2, 0) is 13.0 Å². The Bertz CT molecular complexity index is 647. The molecule has 0 saturated carbocycles. The zero-order valence-electron chi connectivity index (χ0n) is 14.8. The summed E-state index contributed by atoms with van der Waals surface area (Å²) in [4.78, 5) is 8.67. The summed E-state index contributed by atoms with van der Waals surface area (Å²) in [5.74, 6) is 1.79. The number of nitrogens with two attached hydrogens (primary N) is 1. The highest BCUT2D eigenvalue weighted by atomic mass is 127. The second kappa shape index (κ2) is 11.7. The van der Waals surface area contributed by atoms with E-state index in [0.717, 1.165) is 23.4 Å². The van der Waals surface area contributed by atoms with Gasteiger partial charge in [0.15, 0.2) is 5.96 Å². The molecule has 1 aromatic carbocycles. The third kappa shape index (κ3) is 8.20. The van der Waals surface area contributed by atoms with E-state index in [1.54, 1.807) is 6.20 Å². The summed E-state index contributed by atoms with van der Waals surface area (Å²) in [6.45, 7) is 6.15. The molecule has 1 heterocycles. The van der Waals surface area contributed by atoms with Crippen LogP contribution >= 0.6 is 24.0 Å². The predicted octanol–water partition coefficient (Wildman–Crippen LogP) is 3.38. The van der Waals surface area contributed by atoms with Crippen LogP contribution in [0.4, 0.5) is 0 Å². The van der Waals surface area contributed by atoms with E-state index in [1.165, 1.54) is 0 Å². The van der Waals surface area contributed by atoms with Gasteiger partial charge in [0.2, 0.25) is 0 Å². The number of aromatic nitrogens is 1. The van der Waals surface area contributed by atoms with E-state index >= 15 is 0 Å². The molecule has 0 amide bonds. The van der Waals surface area contributed by atoms with E-state index in [4.69, 9.17) is 10.5 Å². The number of halogens is 1. The van der Waals surface area contributed by atoms with E-state index in [1.807, 2.05) is 42.5 Å². The molecule has 0 aliphatic carbocycles. The van der Waals surface area contributed by atoms with Gasteiger partial charge in [-0.1, -0.05) is 38.1 Å². The van der Waals surface area contributed by atoms with E-state index in [9.17, 15) is 0 Å². The van der Waals surface area contributed by atoms with Crippen molar-refractivity contribution < 1.29 is 4.74 Å². The minimum atomic E-state index is 0. The Balaban J connectivity index is 0.00000312. The van der Waals surface area contributed by atoms with Crippen molar-refractivity contribution in [3.63, 3.8) is 0 Å². The largest absolute Gasteiger partial charge is 0.493 e. The van der Waals surface area contributed by atoms with Crippen LogP contribution in [0.15, 0.2) is 53.7 Å². The van der Waals surface area contributed by atoms with Crippen LogP contribution < -0.4 is 15.8 Å². The minimum absolute atomic E-state index is 0. The first-order valence-electron chi connectivity index (χ1n) is 8.29. The lowest BCUT2D eigenvalue weighted by Gasteiger charge is -2.12. The Hall–Kier alpha value is -1.83. The van der Waals surface area contributed by atoms with Crippen molar-refractivity contribution in [1.82, 2.24) is 10.3 Å². The maximum atomic E-state index is 5.94. The molecule has 2 aromatic rings. The molecule has 136 valence electrons. The number of nitrogens with zero attached hydrogens (tertiary/aromatic N) is 2. The highest BCUT2D eigenvalue weighted by Crippen LogP contribution is 2.19. The number of para-hydroxylation sites is 1. The molecular weight excluding hydrogens is 427 g/mol. The lowest BCUT2D eigenvalue weighted by molar-refractivity contribution is 0.268. The van der Waals surface area contributed by atoms with E-state index in [2.05, 4.69) is 29.1 Å². The number of rotatable bonds is 8. The average molecular weight is 454 g/mol. The molecule has 0 unspecified atom stereocenters. The maximum absolute atomic E-state index is 5.94. The van der Waals surface area contributed by atoms with Gasteiger partial charge in [-0.2, -0.15) is 0 Å². The molecule has 0 spiro atoms. The molecule has 0 bridgehead atoms. The summed E-state index contributed by atoms with van der Waals surface area (Å²) in [6, 6.07) is 13.8. The fraction of sp³-hybridized carbons (Fsp3) is 0.368. The molecule has 0 atom stereocenters. The topological polar surface area (TPSA) is 72.5 Å². The quantitative estimate of drug-likeness (QED) is 0.365. The first-order chi connectivity index (χ1) is 11.6. The molecule has 25 heavy (non-hydrogen) atoms. The van der Waals surface area contributed by atoms with Crippen molar-refractivity contribution in [2.75, 3.05) is 13.2 Å². The van der Waals surface area contributed by atoms with Gasteiger partial charge in [-0.15, -0.1) is 24.0 Å². The average Bonchev–Trinajstić information content (AvgIpc) is 2.59. The standard InChI is InChI=1S/C19H26N4O.HI/c1-15(2)14-24-18-9-4-3-7-16(18)13-23-19(20)22-12-10-17-8-5-6-11-21-17;/h3-9,11,15H,10,12-14H2,1-2H3,(H3,20,22,23);1H. The zero-order chi connectivity index (χ0) is 17.2. The van der Waals surface area contributed by atoms with Gasteiger partial charge in [-0.3, -0.25) is 4.98 Å². The molecule has 0 radical (unpaired) electrons. The van der Waals surface area contributed by atoms with E-state index in [-0.39, 0.29) is 24.0 Å². The molecule has 2 rings (SSSR count). The third-order valence-corrected chi connectivity index (χ3v) is 3.38. The number of hydrogen-bond donors (Lipinski definition) is 2. The van der Waals surface area contributed by atoms with Crippen LogP contribution in [0.2, 0.25) is 0 Å². The Labute approximate surface area is 167 Å². The Morgan fingerprint density at radius 1 is 1.20 bits per heavy atom. The lowest BCUT2D eigenvalue weighted by atomic mass is 10.2. The smallest absolute Gasteiger partial charge is 0.188 e. The molecule has 5 nitrogen and oxygen atoms in total. The monoisotopic (exact) mass is 454 g/mol. The van der Waals surface area contributed by atoms with Gasteiger partial charge in [0.25, 0.3) is 0 Å². The number of nitrogens with one attached hydrogen (secondary N) is 1. The summed E-state index contributed by atoms with van der Waals surface area (Å²) in [7, 11) is 0. The van der Waals surface area contributed by atoms with Crippen molar-refractivity contribution >= 4 is 29.9 Å². The second-order valence-electron chi connectivity index (χ2n) is 6.01. The van der Waals surface area contributed by atoms with Crippen LogP contribution in [0, 0.1) is 5.92 Å². The van der Waals surface area contributed by atoms with Crippen molar-refractivity contribution in [3.8, 4) is 5.75 Å². The van der Waals surface area contributed by atoms with Crippen LogP contribution in [0.5, 0.6) is 5.75 Å². The maximum Gasteiger partial charge on any atom is 0.188 e. The molecule has 0 aliphatic rings. The van der Waals surface area contributed by atoms with Gasteiger partial charge in [-0.05, 0) is 24.1 Å². The van der Waals surface area contributed by atoms with Gasteiger partial charge in [0, 0.05) is 30.4 Å². The Morgan fingerprint density at radius 3 is 2.68 bits per heavy atom. The molecule has 0 fully saturated rings. The number of aliphatic imine (C=N–C) groups is 1. The number of ether oxygens (including phenoxy) is 1. The van der Waals surface area contributed by atoms with Crippen molar-refractivity contribution in [1.29, 1.82) is 0 Å². The van der Waals surface area contributed by atoms with Gasteiger partial charge in [0.05, 0.1) is 13.2 Å². The summed E-state index contributed by atoms with van der Waals surface area (Å²) >= 11 is 0. The van der Waals surface area contributed by atoms with Gasteiger partial charge in [0.1, 0.15) is 5.75 Å². The summed E-state index contributed by atoms with van der Waals surface area (Å²) in [5.41, 5.74) is 8.00. The van der Waals surface area contributed by atoms with Crippen molar-refractivity contribution in [3.05, 3.63) is 59.9 Å². The fourth-order valence-electron chi connectivity index (χ4n) is 2.12. The van der Waals surface area contributed by atoms with E-state index in [0.29, 0.717) is 31.6 Å². The van der Waals surface area contributed by atoms with Crippen molar-refractivity contribution in [2.45, 2.75) is 26.8 Å². The highest BCUT2D eigenvalue weighted by molar-refractivity contribution is 14.0. The van der Waals surface area contributed by atoms with Gasteiger partial charge >= 0.3 is 0 Å². The summed E-state index contributed by atoms with van der Waals surface area (Å²) in [5, 5.41) is 3.12. The minimum Gasteiger partial charge on any atom is -0.493 e. The first kappa shape index (κ1) is 21.2. The third-order valence-electron chi connectivity index (χ3n) is 3.38. The number of guanidine groups is 1. The van der Waals surface area contributed by atoms with Crippen molar-refractivity contribution in [2.24, 2.45) is 16.6 Å². The first-order valence-corrected chi connectivity index (χ1v) is 8.29. The molecule has 0 saturated heterocycles. The molecular formula is C19H27IN4O. The highest BCUT2D eigenvalue weighted by Gasteiger charge is 2.04. The second-order valence-corrected chi connectivity index (χ2v) is 6.01.